The molecule has 31 heavy (non-hydrogen) atoms. The van der Waals surface area contributed by atoms with Gasteiger partial charge in [-0.2, -0.15) is 5.10 Å². The third kappa shape index (κ3) is 2.74. The molecule has 4 aliphatic rings. The van der Waals surface area contributed by atoms with Gasteiger partial charge in [0.25, 0.3) is 5.91 Å². The Hall–Kier alpha value is -2.86. The van der Waals surface area contributed by atoms with Crippen LogP contribution in [0.1, 0.15) is 54.9 Å². The Morgan fingerprint density at radius 1 is 1.06 bits per heavy atom. The Balaban J connectivity index is 1.09. The number of benzene rings is 2. The van der Waals surface area contributed by atoms with Crippen molar-refractivity contribution in [2.45, 2.75) is 50.1 Å². The predicted octanol–water partition coefficient (Wildman–Crippen LogP) is 4.97. The van der Waals surface area contributed by atoms with Crippen LogP contribution in [0.3, 0.4) is 0 Å². The molecule has 3 heterocycles. The van der Waals surface area contributed by atoms with E-state index in [-0.39, 0.29) is 5.91 Å². The van der Waals surface area contributed by atoms with Crippen LogP contribution < -0.4 is 10.1 Å². The van der Waals surface area contributed by atoms with Gasteiger partial charge in [0, 0.05) is 40.7 Å². The molecule has 7 rings (SSSR count). The average Bonchev–Trinajstić information content (AvgIpc) is 3.71. The molecule has 1 saturated heterocycles. The standard InChI is InChI=1S/C25H26N4O2/c30-24-20-3-1-2-19-22(7-6-21(27-24)23(19)20)31-18-14-26-29(15-18)17-8-12-28(13-9-17)25(10-11-25)16-4-5-16/h1-3,6-7,14-17H,4-5,8-13H2,(H,27,30). The lowest BCUT2D eigenvalue weighted by Crippen LogP contribution is -2.44. The van der Waals surface area contributed by atoms with Gasteiger partial charge in [-0.3, -0.25) is 14.4 Å². The van der Waals surface area contributed by atoms with Crippen LogP contribution in [0, 0.1) is 5.92 Å². The number of rotatable bonds is 5. The second-order valence-corrected chi connectivity index (χ2v) is 9.65. The normalized spacial score (nSPS) is 22.6. The topological polar surface area (TPSA) is 59.4 Å². The first kappa shape index (κ1) is 17.8. The highest BCUT2D eigenvalue weighted by atomic mass is 16.5. The van der Waals surface area contributed by atoms with Gasteiger partial charge in [0.1, 0.15) is 5.75 Å². The van der Waals surface area contributed by atoms with Crippen LogP contribution >= 0.6 is 0 Å². The molecule has 3 fully saturated rings. The van der Waals surface area contributed by atoms with Crippen molar-refractivity contribution in [2.24, 2.45) is 5.92 Å². The zero-order valence-electron chi connectivity index (χ0n) is 17.5. The van der Waals surface area contributed by atoms with Crippen LogP contribution in [-0.2, 0) is 0 Å². The molecular weight excluding hydrogens is 388 g/mol. The van der Waals surface area contributed by atoms with Crippen molar-refractivity contribution in [2.75, 3.05) is 18.4 Å². The maximum absolute atomic E-state index is 12.2. The third-order valence-corrected chi connectivity index (χ3v) is 7.87. The highest BCUT2D eigenvalue weighted by Gasteiger charge is 2.57. The van der Waals surface area contributed by atoms with E-state index in [1.165, 1.54) is 38.8 Å². The second kappa shape index (κ2) is 6.33. The SMILES string of the molecule is O=C1Nc2ccc(Oc3cnn(C4CCN(C5(C6CC6)CC5)CC4)c3)c3cccc1c23. The smallest absolute Gasteiger partial charge is 0.256 e. The molecule has 6 nitrogen and oxygen atoms in total. The summed E-state index contributed by atoms with van der Waals surface area (Å²) < 4.78 is 8.32. The van der Waals surface area contributed by atoms with Crippen LogP contribution in [0.4, 0.5) is 5.69 Å². The number of aromatic nitrogens is 2. The van der Waals surface area contributed by atoms with Gasteiger partial charge >= 0.3 is 0 Å². The minimum atomic E-state index is -0.0495. The lowest BCUT2D eigenvalue weighted by atomic mass is 10.00. The third-order valence-electron chi connectivity index (χ3n) is 7.87. The van der Waals surface area contributed by atoms with E-state index in [2.05, 4.69) is 20.0 Å². The fourth-order valence-electron chi connectivity index (χ4n) is 5.96. The maximum Gasteiger partial charge on any atom is 0.256 e. The van der Waals surface area contributed by atoms with Crippen molar-refractivity contribution in [3.8, 4) is 11.5 Å². The molecule has 2 saturated carbocycles. The van der Waals surface area contributed by atoms with Crippen LogP contribution in [0.15, 0.2) is 42.7 Å². The molecule has 1 amide bonds. The molecular formula is C25H26N4O2. The largest absolute Gasteiger partial charge is 0.453 e. The Kier molecular flexibility index (Phi) is 3.63. The lowest BCUT2D eigenvalue weighted by molar-refractivity contribution is 0.102. The summed E-state index contributed by atoms with van der Waals surface area (Å²) in [6.45, 7) is 2.38. The van der Waals surface area contributed by atoms with E-state index in [4.69, 9.17) is 4.74 Å². The number of likely N-dealkylation sites (tertiary alicyclic amines) is 1. The first-order valence-electron chi connectivity index (χ1n) is 11.6. The molecule has 2 aromatic carbocycles. The van der Waals surface area contributed by atoms with E-state index in [0.717, 1.165) is 46.7 Å². The average molecular weight is 415 g/mol. The predicted molar refractivity (Wildman–Crippen MR) is 119 cm³/mol. The number of ether oxygens (including phenoxy) is 1. The van der Waals surface area contributed by atoms with Gasteiger partial charge in [-0.25, -0.2) is 0 Å². The summed E-state index contributed by atoms with van der Waals surface area (Å²) in [5, 5.41) is 9.44. The number of nitrogens with zero attached hydrogens (tertiary/aromatic N) is 3. The van der Waals surface area contributed by atoms with E-state index in [0.29, 0.717) is 17.1 Å². The van der Waals surface area contributed by atoms with E-state index >= 15 is 0 Å². The molecule has 0 bridgehead atoms. The summed E-state index contributed by atoms with van der Waals surface area (Å²) in [5.74, 6) is 2.44. The number of anilines is 1. The highest BCUT2D eigenvalue weighted by Crippen LogP contribution is 2.58. The van der Waals surface area contributed by atoms with Crippen LogP contribution in [-0.4, -0.2) is 39.2 Å². The Labute approximate surface area is 181 Å². The molecule has 0 unspecified atom stereocenters. The van der Waals surface area contributed by atoms with Crippen molar-refractivity contribution in [3.63, 3.8) is 0 Å². The number of amides is 1. The maximum atomic E-state index is 12.2. The molecule has 2 aliphatic heterocycles. The van der Waals surface area contributed by atoms with E-state index in [9.17, 15) is 4.79 Å². The molecule has 6 heteroatoms. The van der Waals surface area contributed by atoms with Crippen molar-refractivity contribution in [1.29, 1.82) is 0 Å². The molecule has 1 N–H and O–H groups in total. The fourth-order valence-corrected chi connectivity index (χ4v) is 5.96. The highest BCUT2D eigenvalue weighted by molar-refractivity contribution is 6.24. The molecule has 0 spiro atoms. The monoisotopic (exact) mass is 414 g/mol. The zero-order chi connectivity index (χ0) is 20.6. The summed E-state index contributed by atoms with van der Waals surface area (Å²) >= 11 is 0. The molecule has 3 aromatic rings. The van der Waals surface area contributed by atoms with Crippen LogP contribution in [0.5, 0.6) is 11.5 Å². The molecule has 158 valence electrons. The number of hydrogen-bond donors (Lipinski definition) is 1. The Morgan fingerprint density at radius 2 is 1.90 bits per heavy atom. The summed E-state index contributed by atoms with van der Waals surface area (Å²) in [5.41, 5.74) is 2.14. The molecule has 1 aromatic heterocycles. The van der Waals surface area contributed by atoms with Crippen molar-refractivity contribution >= 4 is 22.4 Å². The first-order valence-corrected chi connectivity index (χ1v) is 11.6. The second-order valence-electron chi connectivity index (χ2n) is 9.65. The zero-order valence-corrected chi connectivity index (χ0v) is 17.5. The van der Waals surface area contributed by atoms with Crippen molar-refractivity contribution in [3.05, 3.63) is 48.3 Å². The quantitative estimate of drug-likeness (QED) is 0.640. The van der Waals surface area contributed by atoms with Gasteiger partial charge in [-0.1, -0.05) is 12.1 Å². The van der Waals surface area contributed by atoms with Gasteiger partial charge in [0.05, 0.1) is 18.4 Å². The van der Waals surface area contributed by atoms with Crippen LogP contribution in [0.2, 0.25) is 0 Å². The van der Waals surface area contributed by atoms with Gasteiger partial charge < -0.3 is 10.1 Å². The summed E-state index contributed by atoms with van der Waals surface area (Å²) in [6.07, 6.45) is 11.9. The summed E-state index contributed by atoms with van der Waals surface area (Å²) in [7, 11) is 0. The van der Waals surface area contributed by atoms with E-state index < -0.39 is 0 Å². The van der Waals surface area contributed by atoms with Crippen molar-refractivity contribution < 1.29 is 9.53 Å². The van der Waals surface area contributed by atoms with E-state index in [1.54, 1.807) is 0 Å². The lowest BCUT2D eigenvalue weighted by Gasteiger charge is -2.38. The molecule has 2 aliphatic carbocycles. The number of carbonyl (C=O) groups excluding carboxylic acids is 1. The summed E-state index contributed by atoms with van der Waals surface area (Å²) in [6, 6.07) is 10.1. The number of hydrogen-bond acceptors (Lipinski definition) is 4. The van der Waals surface area contributed by atoms with Gasteiger partial charge in [0.2, 0.25) is 0 Å². The van der Waals surface area contributed by atoms with Crippen LogP contribution in [0.25, 0.3) is 10.8 Å². The van der Waals surface area contributed by atoms with Crippen molar-refractivity contribution in [1.82, 2.24) is 14.7 Å². The molecule has 0 radical (unpaired) electrons. The number of nitrogens with one attached hydrogen (secondary N) is 1. The van der Waals surface area contributed by atoms with Gasteiger partial charge in [0.15, 0.2) is 5.75 Å². The minimum Gasteiger partial charge on any atom is -0.453 e. The number of piperidine rings is 1. The Morgan fingerprint density at radius 3 is 2.68 bits per heavy atom. The summed E-state index contributed by atoms with van der Waals surface area (Å²) in [4.78, 5) is 14.9. The van der Waals surface area contributed by atoms with Gasteiger partial charge in [-0.05, 0) is 62.6 Å². The fraction of sp³-hybridized carbons (Fsp3) is 0.440. The van der Waals surface area contributed by atoms with Gasteiger partial charge in [-0.15, -0.1) is 0 Å². The first-order chi connectivity index (χ1) is 15.2. The number of carbonyl (C=O) groups is 1. The van der Waals surface area contributed by atoms with E-state index in [1.807, 2.05) is 42.7 Å². The minimum absolute atomic E-state index is 0.0495. The molecule has 0 atom stereocenters. The Bertz CT molecular complexity index is 1200.